The van der Waals surface area contributed by atoms with Crippen LogP contribution in [0.5, 0.6) is 0 Å². The third-order valence-electron chi connectivity index (χ3n) is 3.64. The summed E-state index contributed by atoms with van der Waals surface area (Å²) in [6.45, 7) is 7.32. The zero-order valence-electron chi connectivity index (χ0n) is 13.8. The Balaban J connectivity index is 1.99. The quantitative estimate of drug-likeness (QED) is 0.888. The summed E-state index contributed by atoms with van der Waals surface area (Å²) in [6.07, 6.45) is 0.568. The number of para-hydroxylation sites is 1. The van der Waals surface area contributed by atoms with Crippen LogP contribution in [0.1, 0.15) is 39.9 Å². The van der Waals surface area contributed by atoms with Crippen molar-refractivity contribution in [3.8, 4) is 0 Å². The lowest BCUT2D eigenvalue weighted by Gasteiger charge is -2.12. The Morgan fingerprint density at radius 2 is 1.83 bits per heavy atom. The topological polar surface area (TPSA) is 84.2 Å². The van der Waals surface area contributed by atoms with E-state index in [1.807, 2.05) is 39.0 Å². The van der Waals surface area contributed by atoms with E-state index in [9.17, 15) is 9.59 Å². The van der Waals surface area contributed by atoms with Crippen molar-refractivity contribution in [2.24, 2.45) is 0 Å². The van der Waals surface area contributed by atoms with Crippen molar-refractivity contribution in [1.82, 2.24) is 10.5 Å². The lowest BCUT2D eigenvalue weighted by molar-refractivity contribution is -0.115. The number of nitrogens with one attached hydrogen (secondary N) is 2. The number of amides is 2. The number of anilines is 1. The van der Waals surface area contributed by atoms with Crippen molar-refractivity contribution in [2.45, 2.75) is 34.1 Å². The molecule has 0 saturated carbocycles. The second kappa shape index (κ2) is 7.09. The first-order valence-corrected chi connectivity index (χ1v) is 7.53. The fourth-order valence-corrected chi connectivity index (χ4v) is 2.39. The van der Waals surface area contributed by atoms with Gasteiger partial charge in [-0.3, -0.25) is 9.59 Å². The van der Waals surface area contributed by atoms with Gasteiger partial charge < -0.3 is 15.2 Å². The van der Waals surface area contributed by atoms with Gasteiger partial charge >= 0.3 is 0 Å². The van der Waals surface area contributed by atoms with E-state index < -0.39 is 0 Å². The second-order valence-electron chi connectivity index (χ2n) is 5.42. The molecule has 23 heavy (non-hydrogen) atoms. The molecule has 2 N–H and O–H groups in total. The van der Waals surface area contributed by atoms with Gasteiger partial charge in [0.2, 0.25) is 5.91 Å². The fourth-order valence-electron chi connectivity index (χ4n) is 2.39. The number of aryl methyl sites for hydroxylation is 4. The minimum atomic E-state index is -0.350. The Bertz CT molecular complexity index is 714. The third kappa shape index (κ3) is 3.77. The van der Waals surface area contributed by atoms with Crippen molar-refractivity contribution in [3.05, 3.63) is 46.3 Å². The summed E-state index contributed by atoms with van der Waals surface area (Å²) < 4.78 is 5.09. The van der Waals surface area contributed by atoms with Crippen LogP contribution in [0.25, 0.3) is 0 Å². The summed E-state index contributed by atoms with van der Waals surface area (Å²) in [5.74, 6) is -0.102. The van der Waals surface area contributed by atoms with Crippen LogP contribution in [-0.2, 0) is 11.2 Å². The van der Waals surface area contributed by atoms with E-state index in [1.54, 1.807) is 6.92 Å². The van der Waals surface area contributed by atoms with Crippen molar-refractivity contribution in [1.29, 1.82) is 0 Å². The molecule has 0 unspecified atom stereocenters. The van der Waals surface area contributed by atoms with Gasteiger partial charge in [-0.2, -0.15) is 0 Å². The predicted octanol–water partition coefficient (Wildman–Crippen LogP) is 2.53. The molecule has 0 radical (unpaired) electrons. The maximum atomic E-state index is 12.2. The first-order chi connectivity index (χ1) is 10.9. The van der Waals surface area contributed by atoms with Gasteiger partial charge in [0.15, 0.2) is 0 Å². The monoisotopic (exact) mass is 315 g/mol. The minimum Gasteiger partial charge on any atom is -0.360 e. The summed E-state index contributed by atoms with van der Waals surface area (Å²) >= 11 is 0. The summed E-state index contributed by atoms with van der Waals surface area (Å²) in [5, 5.41) is 9.23. The smallest absolute Gasteiger partial charge is 0.257 e. The van der Waals surface area contributed by atoms with Crippen LogP contribution in [0.3, 0.4) is 0 Å². The van der Waals surface area contributed by atoms with Crippen LogP contribution in [0.15, 0.2) is 22.7 Å². The molecule has 1 aromatic heterocycles. The predicted molar refractivity (Wildman–Crippen MR) is 87.5 cm³/mol. The van der Waals surface area contributed by atoms with E-state index in [1.165, 1.54) is 0 Å². The molecule has 0 spiro atoms. The van der Waals surface area contributed by atoms with E-state index in [2.05, 4.69) is 15.8 Å². The summed E-state index contributed by atoms with van der Waals surface area (Å²) in [7, 11) is 0. The molecule has 0 bridgehead atoms. The number of hydrogen-bond acceptors (Lipinski definition) is 4. The largest absolute Gasteiger partial charge is 0.360 e. The molecule has 0 atom stereocenters. The molecule has 2 rings (SSSR count). The molecule has 1 aromatic carbocycles. The first kappa shape index (κ1) is 16.7. The highest BCUT2D eigenvalue weighted by Gasteiger charge is 2.19. The normalized spacial score (nSPS) is 10.4. The first-order valence-electron chi connectivity index (χ1n) is 7.53. The average Bonchev–Trinajstić information content (AvgIpc) is 2.89. The fraction of sp³-hybridized carbons (Fsp3) is 0.353. The number of benzene rings is 1. The van der Waals surface area contributed by atoms with Crippen LogP contribution >= 0.6 is 0 Å². The summed E-state index contributed by atoms with van der Waals surface area (Å²) in [4.78, 5) is 24.3. The molecule has 2 amide bonds. The van der Waals surface area contributed by atoms with Gasteiger partial charge in [-0.25, -0.2) is 0 Å². The van der Waals surface area contributed by atoms with Gasteiger partial charge in [-0.1, -0.05) is 30.3 Å². The molecule has 0 saturated heterocycles. The molecule has 1 heterocycles. The Morgan fingerprint density at radius 1 is 1.17 bits per heavy atom. The highest BCUT2D eigenvalue weighted by Crippen LogP contribution is 2.19. The summed E-state index contributed by atoms with van der Waals surface area (Å²) in [5.41, 5.74) is 3.67. The molecule has 122 valence electrons. The Kier molecular flexibility index (Phi) is 5.16. The maximum absolute atomic E-state index is 12.2. The SMILES string of the molecule is CCc1onc(C)c1C(=O)NCC(=O)Nc1c(C)cccc1C. The van der Waals surface area contributed by atoms with Crippen LogP contribution in [0.2, 0.25) is 0 Å². The number of nitrogens with zero attached hydrogens (tertiary/aromatic N) is 1. The average molecular weight is 315 g/mol. The highest BCUT2D eigenvalue weighted by atomic mass is 16.5. The molecule has 0 aliphatic carbocycles. The number of hydrogen-bond donors (Lipinski definition) is 2. The van der Waals surface area contributed by atoms with E-state index in [0.29, 0.717) is 23.4 Å². The molecular weight excluding hydrogens is 294 g/mol. The maximum Gasteiger partial charge on any atom is 0.257 e. The van der Waals surface area contributed by atoms with E-state index >= 15 is 0 Å². The molecule has 0 aliphatic heterocycles. The molecular formula is C17H21N3O3. The van der Waals surface area contributed by atoms with Crippen LogP contribution < -0.4 is 10.6 Å². The molecule has 2 aromatic rings. The van der Waals surface area contributed by atoms with E-state index in [4.69, 9.17) is 4.52 Å². The lowest BCUT2D eigenvalue weighted by atomic mass is 10.1. The zero-order chi connectivity index (χ0) is 17.0. The number of carbonyl (C=O) groups is 2. The Morgan fingerprint density at radius 3 is 2.43 bits per heavy atom. The van der Waals surface area contributed by atoms with Gasteiger partial charge in [-0.15, -0.1) is 0 Å². The van der Waals surface area contributed by atoms with Crippen molar-refractivity contribution >= 4 is 17.5 Å². The van der Waals surface area contributed by atoms with Gasteiger partial charge in [-0.05, 0) is 31.9 Å². The van der Waals surface area contributed by atoms with Crippen LogP contribution in [0, 0.1) is 20.8 Å². The standard InChI is InChI=1S/C17H21N3O3/c1-5-13-15(12(4)20-23-13)17(22)18-9-14(21)19-16-10(2)7-6-8-11(16)3/h6-8H,5,9H2,1-4H3,(H,18,22)(H,19,21). The van der Waals surface area contributed by atoms with Crippen LogP contribution in [-0.4, -0.2) is 23.5 Å². The molecule has 6 nitrogen and oxygen atoms in total. The zero-order valence-corrected chi connectivity index (χ0v) is 13.8. The van der Waals surface area contributed by atoms with E-state index in [-0.39, 0.29) is 18.4 Å². The van der Waals surface area contributed by atoms with Gasteiger partial charge in [0.1, 0.15) is 11.3 Å². The van der Waals surface area contributed by atoms with E-state index in [0.717, 1.165) is 16.8 Å². The van der Waals surface area contributed by atoms with Crippen molar-refractivity contribution in [3.63, 3.8) is 0 Å². The highest BCUT2D eigenvalue weighted by molar-refractivity contribution is 6.00. The van der Waals surface area contributed by atoms with Gasteiger partial charge in [0.05, 0.1) is 12.2 Å². The van der Waals surface area contributed by atoms with Crippen molar-refractivity contribution in [2.75, 3.05) is 11.9 Å². The van der Waals surface area contributed by atoms with Crippen molar-refractivity contribution < 1.29 is 14.1 Å². The third-order valence-corrected chi connectivity index (χ3v) is 3.64. The number of carbonyl (C=O) groups excluding carboxylic acids is 2. The molecule has 0 fully saturated rings. The Labute approximate surface area is 135 Å². The van der Waals surface area contributed by atoms with Gasteiger partial charge in [0.25, 0.3) is 5.91 Å². The van der Waals surface area contributed by atoms with Crippen LogP contribution in [0.4, 0.5) is 5.69 Å². The van der Waals surface area contributed by atoms with Gasteiger partial charge in [0, 0.05) is 12.1 Å². The molecule has 6 heteroatoms. The second-order valence-corrected chi connectivity index (χ2v) is 5.42. The number of aromatic nitrogens is 1. The Hall–Kier alpha value is -2.63. The summed E-state index contributed by atoms with van der Waals surface area (Å²) in [6, 6.07) is 5.79. The molecule has 0 aliphatic rings. The lowest BCUT2D eigenvalue weighted by Crippen LogP contribution is -2.33. The minimum absolute atomic E-state index is 0.111. The number of rotatable bonds is 5.